The molecule has 1 rings (SSSR count). The maximum atomic E-state index is 11.3. The lowest BCUT2D eigenvalue weighted by atomic mass is 10.2. The highest BCUT2D eigenvalue weighted by Crippen LogP contribution is 2.23. The van der Waals surface area contributed by atoms with Gasteiger partial charge in [-0.25, -0.2) is 0 Å². The Morgan fingerprint density at radius 3 is 2.10 bits per heavy atom. The molecule has 0 aromatic rings. The van der Waals surface area contributed by atoms with Crippen LogP contribution in [0.5, 0.6) is 0 Å². The molecular weight excluding hydrogens is 134 g/mol. The van der Waals surface area contributed by atoms with Gasteiger partial charge in [-0.05, 0) is 6.92 Å². The third-order valence-electron chi connectivity index (χ3n) is 2.30. The van der Waals surface area contributed by atoms with Crippen molar-refractivity contribution in [2.75, 3.05) is 13.6 Å². The highest BCUT2D eigenvalue weighted by Gasteiger charge is 2.42. The first kappa shape index (κ1) is 7.94. The highest BCUT2D eigenvalue weighted by atomic mass is 16.6. The van der Waals surface area contributed by atoms with Gasteiger partial charge in [0.15, 0.2) is 0 Å². The Morgan fingerprint density at radius 1 is 1.50 bits per heavy atom. The SMILES string of the molecule is C[C@H]1[C@H](O)[C@H](O)C[N@@+]1(C)[O-]. The van der Waals surface area contributed by atoms with Crippen molar-refractivity contribution in [1.29, 1.82) is 0 Å². The van der Waals surface area contributed by atoms with Gasteiger partial charge >= 0.3 is 0 Å². The first-order valence-electron chi connectivity index (χ1n) is 3.37. The van der Waals surface area contributed by atoms with E-state index in [1.807, 2.05) is 0 Å². The van der Waals surface area contributed by atoms with Crippen LogP contribution in [0, 0.1) is 5.21 Å². The van der Waals surface area contributed by atoms with Crippen LogP contribution in [0.25, 0.3) is 0 Å². The van der Waals surface area contributed by atoms with E-state index in [9.17, 15) is 5.21 Å². The summed E-state index contributed by atoms with van der Waals surface area (Å²) in [6.45, 7) is 1.75. The molecule has 0 radical (unpaired) electrons. The standard InChI is InChI=1S/C6H13NO3/c1-4-6(9)5(8)3-7(4,2)10/h4-6,8-9H,3H2,1-2H3/t4-,5+,6-,7+/m0/s1. The van der Waals surface area contributed by atoms with Crippen molar-refractivity contribution in [3.63, 3.8) is 0 Å². The van der Waals surface area contributed by atoms with Gasteiger partial charge in [0.1, 0.15) is 24.8 Å². The van der Waals surface area contributed by atoms with Crippen molar-refractivity contribution < 1.29 is 14.9 Å². The van der Waals surface area contributed by atoms with Crippen LogP contribution in [0.1, 0.15) is 6.92 Å². The van der Waals surface area contributed by atoms with Crippen molar-refractivity contribution >= 4 is 0 Å². The lowest BCUT2D eigenvalue weighted by molar-refractivity contribution is -0.873. The van der Waals surface area contributed by atoms with E-state index in [0.29, 0.717) is 0 Å². The van der Waals surface area contributed by atoms with E-state index >= 15 is 0 Å². The predicted molar refractivity (Wildman–Crippen MR) is 35.9 cm³/mol. The molecule has 1 heterocycles. The number of hydrogen-bond acceptors (Lipinski definition) is 3. The molecule has 0 amide bonds. The van der Waals surface area contributed by atoms with Gasteiger partial charge in [-0.2, -0.15) is 0 Å². The fourth-order valence-corrected chi connectivity index (χ4v) is 1.29. The summed E-state index contributed by atoms with van der Waals surface area (Å²) in [5, 5.41) is 29.4. The first-order valence-corrected chi connectivity index (χ1v) is 3.37. The molecule has 60 valence electrons. The van der Waals surface area contributed by atoms with Crippen LogP contribution in [-0.4, -0.2) is 46.7 Å². The maximum absolute atomic E-state index is 11.3. The first-order chi connectivity index (χ1) is 4.45. The number of likely N-dealkylation sites (N-methyl/N-ethyl adjacent to an activating group) is 1. The zero-order valence-electron chi connectivity index (χ0n) is 6.19. The lowest BCUT2D eigenvalue weighted by Crippen LogP contribution is -2.43. The predicted octanol–water partition coefficient (Wildman–Crippen LogP) is -0.945. The van der Waals surface area contributed by atoms with Crippen LogP contribution in [0.15, 0.2) is 0 Å². The molecule has 0 saturated carbocycles. The van der Waals surface area contributed by atoms with Crippen molar-refractivity contribution in [3.05, 3.63) is 5.21 Å². The zero-order valence-corrected chi connectivity index (χ0v) is 6.19. The van der Waals surface area contributed by atoms with E-state index in [1.165, 1.54) is 7.05 Å². The Morgan fingerprint density at radius 2 is 2.00 bits per heavy atom. The third-order valence-corrected chi connectivity index (χ3v) is 2.30. The minimum atomic E-state index is -0.859. The zero-order chi connectivity index (χ0) is 7.94. The molecule has 1 aliphatic rings. The van der Waals surface area contributed by atoms with Gasteiger partial charge in [0.25, 0.3) is 0 Å². The lowest BCUT2D eigenvalue weighted by Gasteiger charge is -2.38. The van der Waals surface area contributed by atoms with Gasteiger partial charge < -0.3 is 20.1 Å². The smallest absolute Gasteiger partial charge is 0.137 e. The summed E-state index contributed by atoms with van der Waals surface area (Å²) in [5.74, 6) is 0. The topological polar surface area (TPSA) is 63.5 Å². The molecule has 2 N–H and O–H groups in total. The fourth-order valence-electron chi connectivity index (χ4n) is 1.29. The van der Waals surface area contributed by atoms with E-state index in [1.54, 1.807) is 6.92 Å². The molecular formula is C6H13NO3. The van der Waals surface area contributed by atoms with Gasteiger partial charge in [0.2, 0.25) is 0 Å². The van der Waals surface area contributed by atoms with Crippen LogP contribution in [0.2, 0.25) is 0 Å². The molecule has 0 bridgehead atoms. The Bertz CT molecular complexity index is 137. The van der Waals surface area contributed by atoms with Crippen LogP contribution in [0.3, 0.4) is 0 Å². The van der Waals surface area contributed by atoms with Gasteiger partial charge in [0, 0.05) is 0 Å². The summed E-state index contributed by atoms with van der Waals surface area (Å²) >= 11 is 0. The minimum absolute atomic E-state index is 0.0995. The maximum Gasteiger partial charge on any atom is 0.137 e. The Balaban J connectivity index is 2.71. The molecule has 4 atom stereocenters. The number of aliphatic hydroxyl groups excluding tert-OH is 2. The van der Waals surface area contributed by atoms with Gasteiger partial charge in [0.05, 0.1) is 7.05 Å². The third kappa shape index (κ3) is 1.03. The van der Waals surface area contributed by atoms with Crippen LogP contribution in [0.4, 0.5) is 0 Å². The molecule has 10 heavy (non-hydrogen) atoms. The normalized spacial score (nSPS) is 55.5. The molecule has 1 aliphatic heterocycles. The summed E-state index contributed by atoms with van der Waals surface area (Å²) < 4.78 is -0.539. The van der Waals surface area contributed by atoms with E-state index in [-0.39, 0.29) is 6.54 Å². The quantitative estimate of drug-likeness (QED) is 0.343. The molecule has 0 unspecified atom stereocenters. The van der Waals surface area contributed by atoms with E-state index in [2.05, 4.69) is 0 Å². The van der Waals surface area contributed by atoms with Gasteiger partial charge in [-0.3, -0.25) is 0 Å². The van der Waals surface area contributed by atoms with E-state index in [4.69, 9.17) is 10.2 Å². The molecule has 4 nitrogen and oxygen atoms in total. The monoisotopic (exact) mass is 147 g/mol. The van der Waals surface area contributed by atoms with Crippen molar-refractivity contribution in [2.45, 2.75) is 25.2 Å². The molecule has 1 fully saturated rings. The number of aliphatic hydroxyl groups is 2. The van der Waals surface area contributed by atoms with Crippen LogP contribution >= 0.6 is 0 Å². The molecule has 0 spiro atoms. The second-order valence-electron chi connectivity index (χ2n) is 3.16. The highest BCUT2D eigenvalue weighted by molar-refractivity contribution is 4.81. The summed E-state index contributed by atoms with van der Waals surface area (Å²) in [6.07, 6.45) is -1.71. The molecule has 4 heteroatoms. The summed E-state index contributed by atoms with van der Waals surface area (Å²) in [5.41, 5.74) is 0. The van der Waals surface area contributed by atoms with Gasteiger partial charge in [-0.1, -0.05) is 0 Å². The van der Waals surface area contributed by atoms with Crippen LogP contribution in [-0.2, 0) is 0 Å². The fraction of sp³-hybridized carbons (Fsp3) is 1.00. The second kappa shape index (κ2) is 2.17. The van der Waals surface area contributed by atoms with Crippen molar-refractivity contribution in [2.24, 2.45) is 0 Å². The number of hydroxylamine groups is 3. The molecule has 0 aromatic heterocycles. The van der Waals surface area contributed by atoms with Gasteiger partial charge in [-0.15, -0.1) is 0 Å². The summed E-state index contributed by atoms with van der Waals surface area (Å²) in [7, 11) is 1.46. The molecule has 1 saturated heterocycles. The van der Waals surface area contributed by atoms with Crippen molar-refractivity contribution in [1.82, 2.24) is 0 Å². The summed E-state index contributed by atoms with van der Waals surface area (Å²) in [4.78, 5) is 0. The van der Waals surface area contributed by atoms with E-state index in [0.717, 1.165) is 0 Å². The number of rotatable bonds is 0. The second-order valence-corrected chi connectivity index (χ2v) is 3.16. The average molecular weight is 147 g/mol. The molecule has 0 aromatic carbocycles. The van der Waals surface area contributed by atoms with Crippen molar-refractivity contribution in [3.8, 4) is 0 Å². The Kier molecular flexibility index (Phi) is 1.72. The largest absolute Gasteiger partial charge is 0.633 e. The summed E-state index contributed by atoms with van der Waals surface area (Å²) in [6, 6.07) is -0.407. The number of likely N-dealkylation sites (tertiary alicyclic amines) is 1. The average Bonchev–Trinajstić information content (AvgIpc) is 1.95. The van der Waals surface area contributed by atoms with Crippen LogP contribution < -0.4 is 0 Å². The number of quaternary nitrogens is 1. The number of nitrogens with zero attached hydrogens (tertiary/aromatic N) is 1. The minimum Gasteiger partial charge on any atom is -0.633 e. The Hall–Kier alpha value is -0.160. The Labute approximate surface area is 59.9 Å². The molecule has 0 aliphatic carbocycles. The number of hydrogen-bond donors (Lipinski definition) is 2. The van der Waals surface area contributed by atoms with E-state index < -0.39 is 22.9 Å².